The van der Waals surface area contributed by atoms with E-state index in [1.807, 2.05) is 34.9 Å². The number of nitrogens with zero attached hydrogens (tertiary/aromatic N) is 6. The van der Waals surface area contributed by atoms with Crippen LogP contribution in [0.4, 0.5) is 0 Å². The van der Waals surface area contributed by atoms with E-state index in [0.29, 0.717) is 22.4 Å². The van der Waals surface area contributed by atoms with Crippen LogP contribution in [-0.4, -0.2) is 14.5 Å². The number of imidazole rings is 1. The number of pyridine rings is 1. The number of hydrogen-bond acceptors (Lipinski definition) is 4. The number of azide groups is 1. The summed E-state index contributed by atoms with van der Waals surface area (Å²) >= 11 is 13.9. The van der Waals surface area contributed by atoms with Gasteiger partial charge in [-0.3, -0.25) is 4.98 Å². The topological polar surface area (TPSA) is 79.5 Å². The Kier molecular flexibility index (Phi) is 6.86. The van der Waals surface area contributed by atoms with Crippen molar-refractivity contribution in [1.29, 1.82) is 0 Å². The summed E-state index contributed by atoms with van der Waals surface area (Å²) < 4.78 is 2.05. The molecule has 0 unspecified atom stereocenters. The molecule has 0 amide bonds. The first-order valence-electron chi connectivity index (χ1n) is 8.62. The van der Waals surface area contributed by atoms with E-state index in [-0.39, 0.29) is 12.5 Å². The third-order valence-electron chi connectivity index (χ3n) is 3.94. The van der Waals surface area contributed by atoms with Gasteiger partial charge in [-0.15, -0.1) is 0 Å². The highest BCUT2D eigenvalue weighted by Gasteiger charge is 2.21. The van der Waals surface area contributed by atoms with Crippen molar-refractivity contribution < 1.29 is 0 Å². The summed E-state index contributed by atoms with van der Waals surface area (Å²) in [5.41, 5.74) is 10.6. The monoisotopic (exact) mass is 432 g/mol. The second-order valence-corrected chi connectivity index (χ2v) is 8.31. The van der Waals surface area contributed by atoms with Crippen LogP contribution in [0.2, 0.25) is 10.0 Å². The molecule has 0 atom stereocenters. The minimum absolute atomic E-state index is 0.167. The lowest BCUT2D eigenvalue weighted by molar-refractivity contribution is 0.656. The Morgan fingerprint density at radius 1 is 1.21 bits per heavy atom. The Labute approximate surface area is 177 Å². The molecule has 0 aliphatic rings. The molecule has 9 heteroatoms. The molecule has 0 N–H and O–H groups in total. The van der Waals surface area contributed by atoms with Gasteiger partial charge in [-0.05, 0) is 41.8 Å². The van der Waals surface area contributed by atoms with Crippen molar-refractivity contribution in [3.8, 4) is 0 Å². The molecule has 0 saturated carbocycles. The number of aromatic nitrogens is 3. The minimum Gasteiger partial charge on any atom is -0.316 e. The first kappa shape index (κ1) is 20.6. The summed E-state index contributed by atoms with van der Waals surface area (Å²) in [6.45, 7) is 4.85. The molecule has 0 saturated heterocycles. The maximum Gasteiger partial charge on any atom is 0.116 e. The lowest BCUT2D eigenvalue weighted by Crippen LogP contribution is -2.07. The first-order chi connectivity index (χ1) is 13.5. The van der Waals surface area contributed by atoms with Crippen LogP contribution in [0.25, 0.3) is 10.4 Å². The summed E-state index contributed by atoms with van der Waals surface area (Å²) in [5.74, 6) is 0.884. The van der Waals surface area contributed by atoms with Gasteiger partial charge in [-0.1, -0.05) is 60.0 Å². The fourth-order valence-electron chi connectivity index (χ4n) is 2.72. The molecule has 144 valence electrons. The van der Waals surface area contributed by atoms with E-state index in [4.69, 9.17) is 33.7 Å². The van der Waals surface area contributed by atoms with E-state index in [0.717, 1.165) is 21.3 Å². The van der Waals surface area contributed by atoms with Crippen molar-refractivity contribution in [1.82, 2.24) is 14.5 Å². The van der Waals surface area contributed by atoms with Crippen LogP contribution in [0.5, 0.6) is 0 Å². The van der Waals surface area contributed by atoms with Crippen LogP contribution in [0.3, 0.4) is 0 Å². The van der Waals surface area contributed by atoms with Crippen LogP contribution >= 0.6 is 35.0 Å². The highest BCUT2D eigenvalue weighted by Crippen LogP contribution is 2.37. The van der Waals surface area contributed by atoms with Gasteiger partial charge in [-0.25, -0.2) is 4.98 Å². The lowest BCUT2D eigenvalue weighted by atomic mass is 10.1. The Balaban J connectivity index is 2.10. The lowest BCUT2D eigenvalue weighted by Gasteiger charge is -2.13. The molecule has 1 aromatic carbocycles. The van der Waals surface area contributed by atoms with Crippen molar-refractivity contribution in [2.45, 2.75) is 42.8 Å². The maximum absolute atomic E-state index is 8.76. The van der Waals surface area contributed by atoms with E-state index in [1.165, 1.54) is 0 Å². The van der Waals surface area contributed by atoms with E-state index < -0.39 is 0 Å². The van der Waals surface area contributed by atoms with E-state index in [2.05, 4.69) is 28.9 Å². The van der Waals surface area contributed by atoms with E-state index in [9.17, 15) is 0 Å². The third kappa shape index (κ3) is 5.00. The minimum atomic E-state index is 0.167. The summed E-state index contributed by atoms with van der Waals surface area (Å²) in [4.78, 5) is 13.0. The van der Waals surface area contributed by atoms with Gasteiger partial charge >= 0.3 is 0 Å². The van der Waals surface area contributed by atoms with Crippen molar-refractivity contribution in [2.24, 2.45) is 5.11 Å². The number of halogens is 2. The molecule has 0 aliphatic carbocycles. The van der Waals surface area contributed by atoms with Gasteiger partial charge in [0.2, 0.25) is 0 Å². The highest BCUT2D eigenvalue weighted by atomic mass is 35.5. The quantitative estimate of drug-likeness (QED) is 0.236. The van der Waals surface area contributed by atoms with Crippen molar-refractivity contribution >= 4 is 35.0 Å². The molecule has 0 radical (unpaired) electrons. The molecule has 3 aromatic rings. The molecule has 2 heterocycles. The normalized spacial score (nSPS) is 10.9. The molecule has 0 spiro atoms. The number of benzene rings is 1. The van der Waals surface area contributed by atoms with Gasteiger partial charge in [0.25, 0.3) is 0 Å². The van der Waals surface area contributed by atoms with Crippen LogP contribution in [0, 0.1) is 0 Å². The van der Waals surface area contributed by atoms with Crippen molar-refractivity contribution in [3.63, 3.8) is 0 Å². The third-order valence-corrected chi connectivity index (χ3v) is 5.48. The molecule has 28 heavy (non-hydrogen) atoms. The van der Waals surface area contributed by atoms with Gasteiger partial charge in [-0.2, -0.15) is 0 Å². The molecule has 6 nitrogen and oxygen atoms in total. The molecule has 0 aliphatic heterocycles. The zero-order valence-electron chi connectivity index (χ0n) is 15.4. The summed E-state index contributed by atoms with van der Waals surface area (Å²) in [5, 5.41) is 5.83. The van der Waals surface area contributed by atoms with Gasteiger partial charge in [0.1, 0.15) is 10.9 Å². The molecular weight excluding hydrogens is 415 g/mol. The zero-order valence-corrected chi connectivity index (χ0v) is 17.7. The molecule has 0 fully saturated rings. The van der Waals surface area contributed by atoms with Crippen LogP contribution < -0.4 is 0 Å². The smallest absolute Gasteiger partial charge is 0.116 e. The maximum atomic E-state index is 8.76. The van der Waals surface area contributed by atoms with Gasteiger partial charge < -0.3 is 4.57 Å². The van der Waals surface area contributed by atoms with Gasteiger partial charge in [0, 0.05) is 26.0 Å². The fourth-order valence-corrected chi connectivity index (χ4v) is 4.63. The Morgan fingerprint density at radius 2 is 1.96 bits per heavy atom. The second kappa shape index (κ2) is 9.34. The predicted octanol–water partition coefficient (Wildman–Crippen LogP) is 6.72. The molecule has 3 rings (SSSR count). The van der Waals surface area contributed by atoms with Crippen molar-refractivity contribution in [2.75, 3.05) is 0 Å². The number of hydrogen-bond donors (Lipinski definition) is 0. The summed E-state index contributed by atoms with van der Waals surface area (Å²) in [6.07, 6.45) is 1.76. The Morgan fingerprint density at radius 3 is 2.57 bits per heavy atom. The predicted molar refractivity (Wildman–Crippen MR) is 113 cm³/mol. The largest absolute Gasteiger partial charge is 0.316 e. The Hall–Kier alpha value is -2.18. The van der Waals surface area contributed by atoms with E-state index in [1.54, 1.807) is 24.0 Å². The van der Waals surface area contributed by atoms with Crippen LogP contribution in [0.15, 0.2) is 57.6 Å². The van der Waals surface area contributed by atoms with Gasteiger partial charge in [0.15, 0.2) is 0 Å². The second-order valence-electron chi connectivity index (χ2n) is 6.38. The molecule has 0 bridgehead atoms. The average molecular weight is 433 g/mol. The van der Waals surface area contributed by atoms with Crippen LogP contribution in [-0.2, 0) is 13.1 Å². The SMILES string of the molecule is CC(C)c1nc(CN=[N+]=[N-])n(Cc2ccccn2)c1Sc1cc(Cl)cc(Cl)c1. The zero-order chi connectivity index (χ0) is 20.1. The highest BCUT2D eigenvalue weighted by molar-refractivity contribution is 7.99. The average Bonchev–Trinajstić information content (AvgIpc) is 2.97. The van der Waals surface area contributed by atoms with Gasteiger partial charge in [0.05, 0.1) is 24.5 Å². The first-order valence-corrected chi connectivity index (χ1v) is 10.2. The standard InChI is InChI=1S/C19H18Cl2N6S/c1-12(2)18-19(28-16-8-13(20)7-14(21)9-16)27(17(25-18)10-24-26-22)11-15-5-3-4-6-23-15/h3-9,12H,10-11H2,1-2H3. The molecule has 2 aromatic heterocycles. The van der Waals surface area contributed by atoms with Crippen LogP contribution in [0.1, 0.15) is 37.0 Å². The fraction of sp³-hybridized carbons (Fsp3) is 0.263. The van der Waals surface area contributed by atoms with E-state index >= 15 is 0 Å². The molecular formula is C19H18Cl2N6S. The van der Waals surface area contributed by atoms with Crippen molar-refractivity contribution in [3.05, 3.63) is 80.3 Å². The Bertz CT molecular complexity index is 993. The summed E-state index contributed by atoms with van der Waals surface area (Å²) in [6, 6.07) is 11.2. The number of rotatable bonds is 7. The summed E-state index contributed by atoms with van der Waals surface area (Å²) in [7, 11) is 0.